The fourth-order valence-corrected chi connectivity index (χ4v) is 3.67. The van der Waals surface area contributed by atoms with E-state index in [1.54, 1.807) is 0 Å². The lowest BCUT2D eigenvalue weighted by Crippen LogP contribution is -2.33. The van der Waals surface area contributed by atoms with Crippen LogP contribution in [0.4, 0.5) is 0 Å². The quantitative estimate of drug-likeness (QED) is 0.300. The Labute approximate surface area is 155 Å². The first kappa shape index (κ1) is 20.0. The molecule has 0 saturated heterocycles. The van der Waals surface area contributed by atoms with E-state index in [0.29, 0.717) is 0 Å². The van der Waals surface area contributed by atoms with Gasteiger partial charge < -0.3 is 4.74 Å². The average Bonchev–Trinajstić information content (AvgIpc) is 2.63. The Morgan fingerprint density at radius 1 is 1.00 bits per heavy atom. The molecule has 0 amide bonds. The van der Waals surface area contributed by atoms with Gasteiger partial charge in [0.1, 0.15) is 12.5 Å². The van der Waals surface area contributed by atoms with Crippen molar-refractivity contribution >= 4 is 0 Å². The Balaban J connectivity index is 1.56. The van der Waals surface area contributed by atoms with Crippen LogP contribution in [0.3, 0.4) is 0 Å². The molecule has 0 unspecified atom stereocenters. The summed E-state index contributed by atoms with van der Waals surface area (Å²) >= 11 is 0. The fraction of sp³-hybridized carbons (Fsp3) is 0.652. The molecular weight excluding hydrogens is 306 g/mol. The highest BCUT2D eigenvalue weighted by atomic mass is 16.5. The second-order valence-corrected chi connectivity index (χ2v) is 7.41. The predicted octanol–water partition coefficient (Wildman–Crippen LogP) is 6.49. The van der Waals surface area contributed by atoms with Crippen LogP contribution in [0.1, 0.15) is 82.3 Å². The summed E-state index contributed by atoms with van der Waals surface area (Å²) in [5, 5.41) is 0. The van der Waals surface area contributed by atoms with Gasteiger partial charge in [-0.05, 0) is 18.4 Å². The monoisotopic (exact) mass is 343 g/mol. The summed E-state index contributed by atoms with van der Waals surface area (Å²) in [6.07, 6.45) is 16.8. The molecule has 0 spiro atoms. The van der Waals surface area contributed by atoms with Crippen LogP contribution in [-0.2, 0) is 13.0 Å². The van der Waals surface area contributed by atoms with Crippen LogP contribution in [-0.4, -0.2) is 18.2 Å². The molecule has 0 aliphatic carbocycles. The normalized spacial score (nSPS) is 14.1. The van der Waals surface area contributed by atoms with Crippen molar-refractivity contribution in [3.8, 4) is 5.75 Å². The highest BCUT2D eigenvalue weighted by molar-refractivity contribution is 5.43. The lowest BCUT2D eigenvalue weighted by molar-refractivity contribution is 0.0926. The van der Waals surface area contributed by atoms with E-state index in [2.05, 4.69) is 36.6 Å². The maximum atomic E-state index is 6.04. The molecule has 2 heteroatoms. The van der Waals surface area contributed by atoms with E-state index >= 15 is 0 Å². The van der Waals surface area contributed by atoms with Gasteiger partial charge in [0, 0.05) is 18.7 Å². The first-order valence-corrected chi connectivity index (χ1v) is 10.4. The summed E-state index contributed by atoms with van der Waals surface area (Å²) in [5.74, 6) is 1.10. The minimum absolute atomic E-state index is 0.735. The van der Waals surface area contributed by atoms with Crippen LogP contribution >= 0.6 is 0 Å². The molecule has 25 heavy (non-hydrogen) atoms. The van der Waals surface area contributed by atoms with Gasteiger partial charge >= 0.3 is 0 Å². The SMILES string of the molecule is C=CCc1cccc2c1OCN(CCCCCCCCCCCC)C2. The summed E-state index contributed by atoms with van der Waals surface area (Å²) in [6.45, 7) is 9.04. The van der Waals surface area contributed by atoms with Crippen molar-refractivity contribution in [2.24, 2.45) is 0 Å². The number of ether oxygens (including phenoxy) is 1. The molecule has 0 bridgehead atoms. The summed E-state index contributed by atoms with van der Waals surface area (Å²) in [4.78, 5) is 2.44. The van der Waals surface area contributed by atoms with Crippen molar-refractivity contribution in [3.05, 3.63) is 42.0 Å². The molecule has 140 valence electrons. The van der Waals surface area contributed by atoms with Gasteiger partial charge in [0.15, 0.2) is 0 Å². The van der Waals surface area contributed by atoms with Crippen molar-refractivity contribution in [1.29, 1.82) is 0 Å². The molecule has 0 N–H and O–H groups in total. The summed E-state index contributed by atoms with van der Waals surface area (Å²) in [6, 6.07) is 6.50. The van der Waals surface area contributed by atoms with E-state index in [1.165, 1.54) is 75.3 Å². The van der Waals surface area contributed by atoms with Crippen molar-refractivity contribution in [3.63, 3.8) is 0 Å². The topological polar surface area (TPSA) is 12.5 Å². The van der Waals surface area contributed by atoms with E-state index in [9.17, 15) is 0 Å². The van der Waals surface area contributed by atoms with Crippen LogP contribution < -0.4 is 4.74 Å². The Morgan fingerprint density at radius 2 is 1.68 bits per heavy atom. The molecule has 2 nitrogen and oxygen atoms in total. The molecule has 1 aliphatic heterocycles. The molecule has 0 saturated carbocycles. The number of benzene rings is 1. The van der Waals surface area contributed by atoms with Gasteiger partial charge in [0.2, 0.25) is 0 Å². The van der Waals surface area contributed by atoms with Crippen LogP contribution in [0.5, 0.6) is 5.75 Å². The third kappa shape index (κ3) is 7.23. The van der Waals surface area contributed by atoms with Crippen molar-refractivity contribution in [2.45, 2.75) is 84.1 Å². The zero-order valence-electron chi connectivity index (χ0n) is 16.3. The van der Waals surface area contributed by atoms with Crippen LogP contribution in [0.25, 0.3) is 0 Å². The van der Waals surface area contributed by atoms with Crippen LogP contribution in [0.2, 0.25) is 0 Å². The Morgan fingerprint density at radius 3 is 2.36 bits per heavy atom. The molecule has 1 aliphatic rings. The number of hydrogen-bond acceptors (Lipinski definition) is 2. The zero-order valence-corrected chi connectivity index (χ0v) is 16.3. The number of hydrogen-bond donors (Lipinski definition) is 0. The van der Waals surface area contributed by atoms with Gasteiger partial charge in [-0.3, -0.25) is 4.90 Å². The number of para-hydroxylation sites is 1. The molecule has 0 fully saturated rings. The summed E-state index contributed by atoms with van der Waals surface area (Å²) < 4.78 is 6.04. The molecular formula is C23H37NO. The Bertz CT molecular complexity index is 497. The lowest BCUT2D eigenvalue weighted by atomic mass is 10.0. The zero-order chi connectivity index (χ0) is 17.7. The van der Waals surface area contributed by atoms with E-state index in [-0.39, 0.29) is 0 Å². The van der Waals surface area contributed by atoms with Crippen LogP contribution in [0, 0.1) is 0 Å². The first-order chi connectivity index (χ1) is 12.3. The molecule has 1 aromatic rings. The molecule has 0 aromatic heterocycles. The van der Waals surface area contributed by atoms with Gasteiger partial charge in [0.05, 0.1) is 0 Å². The maximum Gasteiger partial charge on any atom is 0.142 e. The number of nitrogens with zero attached hydrogens (tertiary/aromatic N) is 1. The van der Waals surface area contributed by atoms with E-state index in [4.69, 9.17) is 4.74 Å². The highest BCUT2D eigenvalue weighted by Crippen LogP contribution is 2.29. The van der Waals surface area contributed by atoms with E-state index in [1.807, 2.05) is 6.08 Å². The molecule has 0 radical (unpaired) electrons. The van der Waals surface area contributed by atoms with Crippen LogP contribution in [0.15, 0.2) is 30.9 Å². The third-order valence-electron chi connectivity index (χ3n) is 5.16. The second-order valence-electron chi connectivity index (χ2n) is 7.41. The highest BCUT2D eigenvalue weighted by Gasteiger charge is 2.18. The summed E-state index contributed by atoms with van der Waals surface area (Å²) in [5.41, 5.74) is 2.60. The minimum atomic E-state index is 0.735. The number of allylic oxidation sites excluding steroid dienone is 1. The minimum Gasteiger partial charge on any atom is -0.477 e. The number of unbranched alkanes of at least 4 members (excludes halogenated alkanes) is 9. The van der Waals surface area contributed by atoms with Crippen molar-refractivity contribution in [1.82, 2.24) is 4.90 Å². The van der Waals surface area contributed by atoms with Crippen molar-refractivity contribution in [2.75, 3.05) is 13.3 Å². The number of fused-ring (bicyclic) bond motifs is 1. The molecule has 0 atom stereocenters. The maximum absolute atomic E-state index is 6.04. The van der Waals surface area contributed by atoms with E-state index in [0.717, 1.165) is 32.0 Å². The standard InChI is InChI=1S/C23H37NO/c1-3-5-6-7-8-9-10-11-12-13-18-24-19-22-17-14-16-21(15-4-2)23(22)25-20-24/h4,14,16-17H,2-3,5-13,15,18-20H2,1H3. The first-order valence-electron chi connectivity index (χ1n) is 10.4. The fourth-order valence-electron chi connectivity index (χ4n) is 3.67. The smallest absolute Gasteiger partial charge is 0.142 e. The number of rotatable bonds is 13. The summed E-state index contributed by atoms with van der Waals surface area (Å²) in [7, 11) is 0. The third-order valence-corrected chi connectivity index (χ3v) is 5.16. The Hall–Kier alpha value is -1.28. The van der Waals surface area contributed by atoms with Gasteiger partial charge in [0.25, 0.3) is 0 Å². The molecule has 1 heterocycles. The average molecular weight is 344 g/mol. The second kappa shape index (κ2) is 12.1. The van der Waals surface area contributed by atoms with Gasteiger partial charge in [-0.1, -0.05) is 89.0 Å². The van der Waals surface area contributed by atoms with Gasteiger partial charge in [-0.25, -0.2) is 0 Å². The molecule has 2 rings (SSSR count). The predicted molar refractivity (Wildman–Crippen MR) is 108 cm³/mol. The largest absolute Gasteiger partial charge is 0.477 e. The lowest BCUT2D eigenvalue weighted by Gasteiger charge is -2.30. The van der Waals surface area contributed by atoms with Crippen molar-refractivity contribution < 1.29 is 4.74 Å². The Kier molecular flexibility index (Phi) is 9.73. The van der Waals surface area contributed by atoms with Gasteiger partial charge in [-0.2, -0.15) is 0 Å². The van der Waals surface area contributed by atoms with Gasteiger partial charge in [-0.15, -0.1) is 6.58 Å². The molecule has 1 aromatic carbocycles. The van der Waals surface area contributed by atoms with E-state index < -0.39 is 0 Å².